The van der Waals surface area contributed by atoms with Crippen LogP contribution in [0.15, 0.2) is 34.9 Å². The van der Waals surface area contributed by atoms with Crippen LogP contribution in [0.2, 0.25) is 0 Å². The van der Waals surface area contributed by atoms with Crippen LogP contribution in [0.4, 0.5) is 5.69 Å². The van der Waals surface area contributed by atoms with E-state index in [1.165, 1.54) is 0 Å². The average molecular weight is 308 g/mol. The van der Waals surface area contributed by atoms with Crippen LogP contribution in [0.3, 0.4) is 0 Å². The van der Waals surface area contributed by atoms with Crippen molar-refractivity contribution in [1.82, 2.24) is 4.98 Å². The average Bonchev–Trinajstić information content (AvgIpc) is 2.37. The Morgan fingerprint density at radius 3 is 3.06 bits per heavy atom. The number of anilines is 1. The van der Waals surface area contributed by atoms with Gasteiger partial charge in [0.1, 0.15) is 0 Å². The van der Waals surface area contributed by atoms with Crippen molar-refractivity contribution in [2.24, 2.45) is 5.73 Å². The van der Waals surface area contributed by atoms with Gasteiger partial charge in [0.05, 0.1) is 17.2 Å². The summed E-state index contributed by atoms with van der Waals surface area (Å²) in [6.45, 7) is 1.88. The Morgan fingerprint density at radius 1 is 1.56 bits per heavy atom. The molecule has 0 aliphatic carbocycles. The predicted octanol–water partition coefficient (Wildman–Crippen LogP) is 2.67. The normalized spacial score (nSPS) is 12.4. The van der Waals surface area contributed by atoms with Crippen LogP contribution in [0.1, 0.15) is 13.3 Å². The van der Waals surface area contributed by atoms with E-state index >= 15 is 0 Å². The molecular formula is C13H14BrN3O. The minimum Gasteiger partial charge on any atom is -0.323 e. The number of carbonyl (C=O) groups is 1. The largest absolute Gasteiger partial charge is 0.323 e. The summed E-state index contributed by atoms with van der Waals surface area (Å²) in [4.78, 5) is 16.1. The van der Waals surface area contributed by atoms with Crippen molar-refractivity contribution < 1.29 is 4.79 Å². The van der Waals surface area contributed by atoms with Crippen LogP contribution >= 0.6 is 15.9 Å². The van der Waals surface area contributed by atoms with Gasteiger partial charge in [0.25, 0.3) is 0 Å². The lowest BCUT2D eigenvalue weighted by atomic mass is 10.1. The van der Waals surface area contributed by atoms with Crippen molar-refractivity contribution >= 4 is 38.4 Å². The number of nitrogens with zero attached hydrogens (tertiary/aromatic N) is 1. The van der Waals surface area contributed by atoms with Gasteiger partial charge in [-0.3, -0.25) is 9.78 Å². The first kappa shape index (κ1) is 13.0. The molecule has 3 N–H and O–H groups in total. The molecule has 2 aromatic rings. The first-order valence-corrected chi connectivity index (χ1v) is 6.52. The number of benzene rings is 1. The van der Waals surface area contributed by atoms with E-state index in [9.17, 15) is 4.79 Å². The van der Waals surface area contributed by atoms with Gasteiger partial charge in [0, 0.05) is 16.1 Å². The van der Waals surface area contributed by atoms with Gasteiger partial charge in [0.2, 0.25) is 5.91 Å². The molecule has 0 unspecified atom stereocenters. The van der Waals surface area contributed by atoms with Gasteiger partial charge in [0.15, 0.2) is 0 Å². The second-order valence-corrected chi connectivity index (χ2v) is 4.95. The van der Waals surface area contributed by atoms with Gasteiger partial charge >= 0.3 is 0 Å². The fraction of sp³-hybridized carbons (Fsp3) is 0.231. The molecule has 0 spiro atoms. The number of hydrogen-bond donors (Lipinski definition) is 2. The maximum atomic E-state index is 11.8. The summed E-state index contributed by atoms with van der Waals surface area (Å²) < 4.78 is 0.906. The molecule has 0 bridgehead atoms. The van der Waals surface area contributed by atoms with Crippen LogP contribution in [-0.2, 0) is 4.79 Å². The summed E-state index contributed by atoms with van der Waals surface area (Å²) in [6.07, 6.45) is 2.31. The fourth-order valence-electron chi connectivity index (χ4n) is 1.65. The van der Waals surface area contributed by atoms with Gasteiger partial charge in [-0.1, -0.05) is 19.1 Å². The minimum absolute atomic E-state index is 0.185. The zero-order valence-corrected chi connectivity index (χ0v) is 11.6. The number of nitrogens with one attached hydrogen (secondary N) is 1. The third-order valence-corrected chi connectivity index (χ3v) is 3.15. The maximum absolute atomic E-state index is 11.8. The lowest BCUT2D eigenvalue weighted by Crippen LogP contribution is -2.34. The molecule has 0 aliphatic heterocycles. The van der Waals surface area contributed by atoms with Crippen LogP contribution in [0.25, 0.3) is 10.9 Å². The Labute approximate surface area is 114 Å². The van der Waals surface area contributed by atoms with E-state index in [2.05, 4.69) is 26.2 Å². The summed E-state index contributed by atoms with van der Waals surface area (Å²) in [5.41, 5.74) is 7.14. The van der Waals surface area contributed by atoms with E-state index in [1.54, 1.807) is 6.20 Å². The molecule has 0 fully saturated rings. The Morgan fingerprint density at radius 2 is 2.33 bits per heavy atom. The molecule has 94 valence electrons. The summed E-state index contributed by atoms with van der Waals surface area (Å²) in [7, 11) is 0. The second-order valence-electron chi connectivity index (χ2n) is 4.03. The molecule has 0 aliphatic rings. The third-order valence-electron chi connectivity index (χ3n) is 2.71. The van der Waals surface area contributed by atoms with E-state index in [0.29, 0.717) is 12.1 Å². The number of para-hydroxylation sites is 1. The van der Waals surface area contributed by atoms with E-state index in [4.69, 9.17) is 5.73 Å². The van der Waals surface area contributed by atoms with Crippen LogP contribution < -0.4 is 11.1 Å². The number of halogens is 1. The maximum Gasteiger partial charge on any atom is 0.241 e. The van der Waals surface area contributed by atoms with Gasteiger partial charge in [-0.25, -0.2) is 0 Å². The van der Waals surface area contributed by atoms with E-state index in [-0.39, 0.29) is 5.91 Å². The summed E-state index contributed by atoms with van der Waals surface area (Å²) in [5, 5.41) is 3.78. The lowest BCUT2D eigenvalue weighted by molar-refractivity contribution is -0.117. The van der Waals surface area contributed by atoms with Crippen LogP contribution in [-0.4, -0.2) is 16.9 Å². The zero-order chi connectivity index (χ0) is 13.1. The summed E-state index contributed by atoms with van der Waals surface area (Å²) in [5.74, 6) is -0.185. The highest BCUT2D eigenvalue weighted by molar-refractivity contribution is 9.10. The molecule has 1 atom stereocenters. The van der Waals surface area contributed by atoms with Gasteiger partial charge < -0.3 is 11.1 Å². The molecular weight excluding hydrogens is 294 g/mol. The predicted molar refractivity (Wildman–Crippen MR) is 76.3 cm³/mol. The molecule has 1 heterocycles. The zero-order valence-electron chi connectivity index (χ0n) is 9.98. The lowest BCUT2D eigenvalue weighted by Gasteiger charge is -2.11. The SMILES string of the molecule is CC[C@@H](N)C(=O)Nc1cccc2cc(Br)cnc12. The number of nitrogens with two attached hydrogens (primary N) is 1. The number of aromatic nitrogens is 1. The Kier molecular flexibility index (Phi) is 3.93. The third kappa shape index (κ3) is 2.68. The van der Waals surface area contributed by atoms with Crippen molar-refractivity contribution in [2.45, 2.75) is 19.4 Å². The molecule has 0 radical (unpaired) electrons. The highest BCUT2D eigenvalue weighted by atomic mass is 79.9. The molecule has 2 rings (SSSR count). The van der Waals surface area contributed by atoms with E-state index in [0.717, 1.165) is 15.4 Å². The van der Waals surface area contributed by atoms with E-state index < -0.39 is 6.04 Å². The van der Waals surface area contributed by atoms with Crippen molar-refractivity contribution in [2.75, 3.05) is 5.32 Å². The summed E-state index contributed by atoms with van der Waals surface area (Å²) >= 11 is 3.37. The highest BCUT2D eigenvalue weighted by Gasteiger charge is 2.12. The van der Waals surface area contributed by atoms with Gasteiger partial charge in [-0.2, -0.15) is 0 Å². The molecule has 4 nitrogen and oxygen atoms in total. The van der Waals surface area contributed by atoms with Crippen LogP contribution in [0, 0.1) is 0 Å². The van der Waals surface area contributed by atoms with Crippen molar-refractivity contribution in [3.63, 3.8) is 0 Å². The number of fused-ring (bicyclic) bond motifs is 1. The van der Waals surface area contributed by atoms with Crippen LogP contribution in [0.5, 0.6) is 0 Å². The Bertz CT molecular complexity index is 585. The smallest absolute Gasteiger partial charge is 0.241 e. The first-order valence-electron chi connectivity index (χ1n) is 5.72. The van der Waals surface area contributed by atoms with Gasteiger partial charge in [-0.15, -0.1) is 0 Å². The molecule has 1 amide bonds. The topological polar surface area (TPSA) is 68.0 Å². The molecule has 5 heteroatoms. The minimum atomic E-state index is -0.490. The van der Waals surface area contributed by atoms with Gasteiger partial charge in [-0.05, 0) is 34.5 Å². The molecule has 18 heavy (non-hydrogen) atoms. The number of hydrogen-bond acceptors (Lipinski definition) is 3. The molecule has 0 saturated carbocycles. The Hall–Kier alpha value is -1.46. The number of amides is 1. The molecule has 0 saturated heterocycles. The summed E-state index contributed by atoms with van der Waals surface area (Å²) in [6, 6.07) is 7.11. The first-order chi connectivity index (χ1) is 8.61. The second kappa shape index (κ2) is 5.46. The van der Waals surface area contributed by atoms with Crippen molar-refractivity contribution in [3.05, 3.63) is 34.9 Å². The fourth-order valence-corrected chi connectivity index (χ4v) is 1.99. The molecule has 1 aromatic carbocycles. The molecule has 1 aromatic heterocycles. The number of carbonyl (C=O) groups excluding carboxylic acids is 1. The quantitative estimate of drug-likeness (QED) is 0.916. The van der Waals surface area contributed by atoms with Crippen molar-refractivity contribution in [1.29, 1.82) is 0 Å². The number of rotatable bonds is 3. The monoisotopic (exact) mass is 307 g/mol. The highest BCUT2D eigenvalue weighted by Crippen LogP contribution is 2.23. The van der Waals surface area contributed by atoms with Crippen molar-refractivity contribution in [3.8, 4) is 0 Å². The standard InChI is InChI=1S/C13H14BrN3O/c1-2-10(15)13(18)17-11-5-3-4-8-6-9(14)7-16-12(8)11/h3-7,10H,2,15H2,1H3,(H,17,18)/t10-/m1/s1. The Balaban J connectivity index is 2.37. The number of pyridine rings is 1. The van der Waals surface area contributed by atoms with E-state index in [1.807, 2.05) is 31.2 Å².